The third-order valence-corrected chi connectivity index (χ3v) is 7.04. The average molecular weight is 426 g/mol. The van der Waals surface area contributed by atoms with Crippen LogP contribution >= 0.6 is 0 Å². The maximum Gasteiger partial charge on any atom is 0.257 e. The molecule has 3 aliphatic rings. The maximum atomic E-state index is 14.6. The fraction of sp³-hybridized carbons (Fsp3) is 0.458. The van der Waals surface area contributed by atoms with Crippen LogP contribution in [-0.4, -0.2) is 53.9 Å². The minimum atomic E-state index is -0.575. The number of rotatable bonds is 6. The summed E-state index contributed by atoms with van der Waals surface area (Å²) in [6.07, 6.45) is 2.66. The molecular weight excluding hydrogens is 399 g/mol. The summed E-state index contributed by atoms with van der Waals surface area (Å²) in [7, 11) is 0. The van der Waals surface area contributed by atoms with Gasteiger partial charge in [-0.25, -0.2) is 4.39 Å². The van der Waals surface area contributed by atoms with Crippen molar-refractivity contribution in [3.8, 4) is 11.5 Å². The molecule has 3 fully saturated rings. The molecule has 2 aromatic rings. The van der Waals surface area contributed by atoms with Crippen LogP contribution in [0.1, 0.15) is 28.8 Å². The fourth-order valence-corrected chi connectivity index (χ4v) is 5.52. The molecule has 5 rings (SSSR count). The number of hydrogen-bond donors (Lipinski definition) is 2. The van der Waals surface area contributed by atoms with Crippen molar-refractivity contribution in [1.82, 2.24) is 4.90 Å². The Hall–Kier alpha value is -2.48. The molecule has 3 aliphatic heterocycles. The Morgan fingerprint density at radius 3 is 2.77 bits per heavy atom. The van der Waals surface area contributed by atoms with E-state index >= 15 is 0 Å². The summed E-state index contributed by atoms with van der Waals surface area (Å²) in [5, 5.41) is 9.78. The zero-order valence-electron chi connectivity index (χ0n) is 17.3. The molecule has 2 bridgehead atoms. The molecule has 0 saturated carbocycles. The van der Waals surface area contributed by atoms with Gasteiger partial charge in [-0.15, -0.1) is 0 Å². The number of carbonyl (C=O) groups is 1. The molecule has 3 heterocycles. The van der Waals surface area contributed by atoms with Gasteiger partial charge in [0.15, 0.2) is 0 Å². The van der Waals surface area contributed by atoms with Crippen molar-refractivity contribution in [2.75, 3.05) is 26.2 Å². The van der Waals surface area contributed by atoms with Crippen molar-refractivity contribution >= 4 is 5.91 Å². The molecule has 0 aromatic heterocycles. The molecule has 1 amide bonds. The van der Waals surface area contributed by atoms with E-state index in [-0.39, 0.29) is 41.6 Å². The van der Waals surface area contributed by atoms with Gasteiger partial charge in [0.2, 0.25) is 0 Å². The van der Waals surface area contributed by atoms with Crippen LogP contribution in [0, 0.1) is 17.7 Å². The van der Waals surface area contributed by atoms with Crippen LogP contribution in [0.3, 0.4) is 0 Å². The molecule has 0 aliphatic carbocycles. The smallest absolute Gasteiger partial charge is 0.257 e. The molecule has 164 valence electrons. The highest BCUT2D eigenvalue weighted by Crippen LogP contribution is 2.54. The highest BCUT2D eigenvalue weighted by Gasteiger charge is 2.63. The third kappa shape index (κ3) is 3.50. The number of nitrogens with zero attached hydrogens (tertiary/aromatic N) is 1. The van der Waals surface area contributed by atoms with Crippen LogP contribution in [-0.2, 0) is 11.2 Å². The van der Waals surface area contributed by atoms with Crippen molar-refractivity contribution in [2.24, 2.45) is 17.6 Å². The van der Waals surface area contributed by atoms with Gasteiger partial charge in [-0.1, -0.05) is 12.1 Å². The Balaban J connectivity index is 1.33. The first-order chi connectivity index (χ1) is 15.0. The van der Waals surface area contributed by atoms with E-state index in [0.29, 0.717) is 31.1 Å². The first kappa shape index (κ1) is 20.4. The van der Waals surface area contributed by atoms with Gasteiger partial charge in [0, 0.05) is 25.0 Å². The molecular formula is C24H27FN2O4. The lowest BCUT2D eigenvalue weighted by molar-refractivity contribution is 0.00149. The van der Waals surface area contributed by atoms with Crippen LogP contribution in [0.4, 0.5) is 4.39 Å². The topological polar surface area (TPSA) is 85.0 Å². The van der Waals surface area contributed by atoms with Gasteiger partial charge in [-0.2, -0.15) is 0 Å². The number of ether oxygens (including phenoxy) is 2. The van der Waals surface area contributed by atoms with E-state index in [2.05, 4.69) is 0 Å². The molecule has 3 saturated heterocycles. The monoisotopic (exact) mass is 426 g/mol. The Bertz CT molecular complexity index is 982. The van der Waals surface area contributed by atoms with Crippen LogP contribution in [0.5, 0.6) is 11.5 Å². The quantitative estimate of drug-likeness (QED) is 0.742. The number of hydrogen-bond acceptors (Lipinski definition) is 5. The minimum Gasteiger partial charge on any atom is -0.457 e. The normalized spacial score (nSPS) is 28.7. The van der Waals surface area contributed by atoms with Crippen molar-refractivity contribution in [2.45, 2.75) is 31.0 Å². The summed E-state index contributed by atoms with van der Waals surface area (Å²) in [4.78, 5) is 14.9. The van der Waals surface area contributed by atoms with Crippen LogP contribution in [0.25, 0.3) is 0 Å². The number of aliphatic hydroxyl groups is 1. The first-order valence-electron chi connectivity index (χ1n) is 10.9. The molecule has 6 nitrogen and oxygen atoms in total. The van der Waals surface area contributed by atoms with Gasteiger partial charge >= 0.3 is 0 Å². The molecule has 31 heavy (non-hydrogen) atoms. The van der Waals surface area contributed by atoms with E-state index in [9.17, 15) is 14.3 Å². The summed E-state index contributed by atoms with van der Waals surface area (Å²) in [6, 6.07) is 11.8. The van der Waals surface area contributed by atoms with Crippen LogP contribution in [0.2, 0.25) is 0 Å². The highest BCUT2D eigenvalue weighted by atomic mass is 19.1. The number of amides is 1. The second kappa shape index (κ2) is 7.89. The largest absolute Gasteiger partial charge is 0.457 e. The van der Waals surface area contributed by atoms with E-state index in [0.717, 1.165) is 24.8 Å². The lowest BCUT2D eigenvalue weighted by atomic mass is 9.74. The molecule has 2 aromatic carbocycles. The van der Waals surface area contributed by atoms with Crippen LogP contribution in [0.15, 0.2) is 42.5 Å². The molecule has 1 spiro atoms. The molecule has 7 heteroatoms. The molecule has 0 unspecified atom stereocenters. The Kier molecular flexibility index (Phi) is 5.20. The Morgan fingerprint density at radius 1 is 1.26 bits per heavy atom. The standard InChI is InChI=1S/C24H27FN2O4/c25-21-6-5-17(30-16-3-1-15(2-4-16)8-10-26)11-18(21)23(29)27-12-20-19(13-28)22-7-9-24(20,14-27)31-22/h1-6,11,19-20,22,28H,7-10,12-14,26H2/t19-,20+,22+,24+/m1/s1. The van der Waals surface area contributed by atoms with Crippen molar-refractivity contribution in [1.29, 1.82) is 0 Å². The van der Waals surface area contributed by atoms with Gasteiger partial charge in [0.1, 0.15) is 17.3 Å². The van der Waals surface area contributed by atoms with Gasteiger partial charge in [0.25, 0.3) is 5.91 Å². The SMILES string of the molecule is NCCc1ccc(Oc2ccc(F)c(C(=O)N3C[C@H]4[C@@H](CO)[C@@H]5CC[C@@]4(C3)O5)c2)cc1. The molecule has 0 radical (unpaired) electrons. The van der Waals surface area contributed by atoms with E-state index in [1.165, 1.54) is 18.2 Å². The minimum absolute atomic E-state index is 0.0104. The number of nitrogens with two attached hydrogens (primary N) is 1. The van der Waals surface area contributed by atoms with Gasteiger partial charge in [-0.3, -0.25) is 4.79 Å². The summed E-state index contributed by atoms with van der Waals surface area (Å²) < 4.78 is 26.6. The zero-order chi connectivity index (χ0) is 21.6. The third-order valence-electron chi connectivity index (χ3n) is 7.04. The number of likely N-dealkylation sites (tertiary alicyclic amines) is 1. The predicted molar refractivity (Wildman–Crippen MR) is 112 cm³/mol. The lowest BCUT2D eigenvalue weighted by Gasteiger charge is -2.27. The second-order valence-corrected chi connectivity index (χ2v) is 8.82. The van der Waals surface area contributed by atoms with Crippen LogP contribution < -0.4 is 10.5 Å². The number of carbonyl (C=O) groups excluding carboxylic acids is 1. The van der Waals surface area contributed by atoms with Crippen molar-refractivity contribution in [3.63, 3.8) is 0 Å². The van der Waals surface area contributed by atoms with Crippen molar-refractivity contribution < 1.29 is 23.8 Å². The number of halogens is 1. The Morgan fingerprint density at radius 2 is 2.03 bits per heavy atom. The summed E-state index contributed by atoms with van der Waals surface area (Å²) in [6.45, 7) is 1.55. The average Bonchev–Trinajstić information content (AvgIpc) is 3.44. The van der Waals surface area contributed by atoms with E-state index < -0.39 is 5.82 Å². The maximum absolute atomic E-state index is 14.6. The summed E-state index contributed by atoms with van der Waals surface area (Å²) in [5.41, 5.74) is 6.29. The van der Waals surface area contributed by atoms with E-state index in [1.807, 2.05) is 24.3 Å². The lowest BCUT2D eigenvalue weighted by Crippen LogP contribution is -2.38. The molecule has 4 atom stereocenters. The van der Waals surface area contributed by atoms with Crippen molar-refractivity contribution in [3.05, 3.63) is 59.4 Å². The Labute approximate surface area is 180 Å². The zero-order valence-corrected chi connectivity index (χ0v) is 17.3. The number of fused-ring (bicyclic) bond motifs is 1. The van der Waals surface area contributed by atoms with E-state index in [4.69, 9.17) is 15.2 Å². The number of aliphatic hydroxyl groups excluding tert-OH is 1. The molecule has 3 N–H and O–H groups in total. The van der Waals surface area contributed by atoms with Gasteiger partial charge in [-0.05, 0) is 61.7 Å². The highest BCUT2D eigenvalue weighted by molar-refractivity contribution is 5.95. The number of benzene rings is 2. The fourth-order valence-electron chi connectivity index (χ4n) is 5.52. The summed E-state index contributed by atoms with van der Waals surface area (Å²) >= 11 is 0. The second-order valence-electron chi connectivity index (χ2n) is 8.82. The van der Waals surface area contributed by atoms with Gasteiger partial charge in [0.05, 0.1) is 23.8 Å². The van der Waals surface area contributed by atoms with E-state index in [1.54, 1.807) is 4.90 Å². The summed E-state index contributed by atoms with van der Waals surface area (Å²) in [5.74, 6) is 0.224. The predicted octanol–water partition coefficient (Wildman–Crippen LogP) is 2.73. The van der Waals surface area contributed by atoms with Gasteiger partial charge < -0.3 is 25.2 Å². The first-order valence-corrected chi connectivity index (χ1v) is 10.9.